The topological polar surface area (TPSA) is 113 Å². The highest BCUT2D eigenvalue weighted by atomic mass is 16.3. The first-order valence-corrected chi connectivity index (χ1v) is 8.08. The smallest absolute Gasteiger partial charge is 0.335 e. The number of aromatic nitrogens is 2. The molecule has 0 saturated heterocycles. The molecule has 0 atom stereocenters. The lowest BCUT2D eigenvalue weighted by molar-refractivity contribution is 0.429. The molecule has 4 N–H and O–H groups in total. The zero-order chi connectivity index (χ0) is 18.7. The summed E-state index contributed by atoms with van der Waals surface area (Å²) in [4.78, 5) is 31.3. The number of aromatic amines is 1. The van der Waals surface area contributed by atoms with Crippen LogP contribution < -0.4 is 17.0 Å². The molecule has 26 heavy (non-hydrogen) atoms. The van der Waals surface area contributed by atoms with Gasteiger partial charge in [-0.25, -0.2) is 9.36 Å². The van der Waals surface area contributed by atoms with Crippen molar-refractivity contribution >= 4 is 17.1 Å². The van der Waals surface area contributed by atoms with Crippen molar-refractivity contribution in [2.75, 3.05) is 5.73 Å². The molecule has 2 aromatic carbocycles. The number of para-hydroxylation sites is 1. The number of nitrogens with one attached hydrogen (secondary N) is 1. The van der Waals surface area contributed by atoms with Gasteiger partial charge in [-0.2, -0.15) is 0 Å². The standard InChI is InChI=1S/C19H18N4O3/c1-2-15(21-13-8-6-7-12(20)11-13)16-17(24)22-19(26)23(18(16)25)14-9-4-3-5-10-14/h3-11,25H,2,20H2,1H3,(H,22,24,26). The molecule has 0 aliphatic carbocycles. The van der Waals surface area contributed by atoms with Crippen LogP contribution in [0.25, 0.3) is 5.69 Å². The van der Waals surface area contributed by atoms with Crippen molar-refractivity contribution < 1.29 is 5.11 Å². The van der Waals surface area contributed by atoms with Crippen LogP contribution >= 0.6 is 0 Å². The average Bonchev–Trinajstić information content (AvgIpc) is 2.61. The largest absolute Gasteiger partial charge is 0.493 e. The SMILES string of the molecule is CCC(=Nc1cccc(N)c1)c1c(O)n(-c2ccccc2)c(=O)[nH]c1=O. The second-order valence-corrected chi connectivity index (χ2v) is 5.64. The first-order valence-electron chi connectivity index (χ1n) is 8.08. The zero-order valence-electron chi connectivity index (χ0n) is 14.1. The van der Waals surface area contributed by atoms with Crippen LogP contribution in [0.15, 0.2) is 69.2 Å². The zero-order valence-corrected chi connectivity index (χ0v) is 14.1. The van der Waals surface area contributed by atoms with E-state index in [4.69, 9.17) is 5.73 Å². The minimum absolute atomic E-state index is 0.0432. The molecule has 3 aromatic rings. The van der Waals surface area contributed by atoms with Gasteiger partial charge >= 0.3 is 5.69 Å². The molecule has 7 nitrogen and oxygen atoms in total. The Kier molecular flexibility index (Phi) is 4.70. The van der Waals surface area contributed by atoms with Gasteiger partial charge in [0, 0.05) is 5.69 Å². The number of aromatic hydroxyl groups is 1. The Bertz CT molecular complexity index is 1080. The van der Waals surface area contributed by atoms with Crippen LogP contribution in [0.5, 0.6) is 5.88 Å². The number of anilines is 1. The third-order valence-electron chi connectivity index (χ3n) is 3.86. The molecule has 0 bridgehead atoms. The van der Waals surface area contributed by atoms with Crippen molar-refractivity contribution in [1.82, 2.24) is 9.55 Å². The predicted octanol–water partition coefficient (Wildman–Crippen LogP) is 2.34. The van der Waals surface area contributed by atoms with E-state index < -0.39 is 17.1 Å². The number of H-pyrrole nitrogens is 1. The van der Waals surface area contributed by atoms with Crippen LogP contribution in [0.3, 0.4) is 0 Å². The third kappa shape index (κ3) is 3.27. The average molecular weight is 350 g/mol. The van der Waals surface area contributed by atoms with Gasteiger partial charge in [0.2, 0.25) is 5.88 Å². The summed E-state index contributed by atoms with van der Waals surface area (Å²) in [5, 5.41) is 10.7. The minimum Gasteiger partial charge on any atom is -0.493 e. The second kappa shape index (κ2) is 7.10. The second-order valence-electron chi connectivity index (χ2n) is 5.64. The van der Waals surface area contributed by atoms with Crippen molar-refractivity contribution in [2.45, 2.75) is 13.3 Å². The molecule has 0 unspecified atom stereocenters. The molecule has 0 aliphatic rings. The third-order valence-corrected chi connectivity index (χ3v) is 3.86. The van der Waals surface area contributed by atoms with Crippen LogP contribution in [-0.2, 0) is 0 Å². The monoisotopic (exact) mass is 350 g/mol. The lowest BCUT2D eigenvalue weighted by atomic mass is 10.1. The molecule has 132 valence electrons. The number of aliphatic imine (C=N–C) groups is 1. The summed E-state index contributed by atoms with van der Waals surface area (Å²) in [6.45, 7) is 1.81. The first kappa shape index (κ1) is 17.2. The maximum Gasteiger partial charge on any atom is 0.335 e. The summed E-state index contributed by atoms with van der Waals surface area (Å²) in [6.07, 6.45) is 0.373. The quantitative estimate of drug-likeness (QED) is 0.495. The molecule has 0 radical (unpaired) electrons. The van der Waals surface area contributed by atoms with E-state index in [0.29, 0.717) is 29.2 Å². The Balaban J connectivity index is 2.24. The Hall–Kier alpha value is -3.61. The van der Waals surface area contributed by atoms with Crippen molar-refractivity contribution in [3.8, 4) is 11.6 Å². The summed E-state index contributed by atoms with van der Waals surface area (Å²) in [6, 6.07) is 15.4. The highest BCUT2D eigenvalue weighted by molar-refractivity contribution is 6.03. The van der Waals surface area contributed by atoms with Crippen molar-refractivity contribution in [2.24, 2.45) is 4.99 Å². The molecule has 0 spiro atoms. The van der Waals surface area contributed by atoms with E-state index >= 15 is 0 Å². The molecule has 7 heteroatoms. The molecular weight excluding hydrogens is 332 g/mol. The van der Waals surface area contributed by atoms with Crippen LogP contribution in [0.2, 0.25) is 0 Å². The van der Waals surface area contributed by atoms with E-state index in [1.54, 1.807) is 54.6 Å². The van der Waals surface area contributed by atoms with E-state index in [0.717, 1.165) is 4.57 Å². The molecule has 3 rings (SSSR count). The molecule has 1 heterocycles. The number of hydrogen-bond acceptors (Lipinski definition) is 5. The van der Waals surface area contributed by atoms with Gasteiger partial charge < -0.3 is 10.8 Å². The maximum absolute atomic E-state index is 12.4. The summed E-state index contributed by atoms with van der Waals surface area (Å²) < 4.78 is 1.04. The number of benzene rings is 2. The van der Waals surface area contributed by atoms with Crippen molar-refractivity contribution in [3.63, 3.8) is 0 Å². The highest BCUT2D eigenvalue weighted by Gasteiger charge is 2.19. The Morgan fingerprint density at radius 2 is 1.88 bits per heavy atom. The fourth-order valence-electron chi connectivity index (χ4n) is 2.66. The summed E-state index contributed by atoms with van der Waals surface area (Å²) >= 11 is 0. The van der Waals surface area contributed by atoms with E-state index in [1.165, 1.54) is 0 Å². The van der Waals surface area contributed by atoms with Crippen molar-refractivity contribution in [1.29, 1.82) is 0 Å². The normalized spacial score (nSPS) is 11.5. The fourth-order valence-corrected chi connectivity index (χ4v) is 2.66. The van der Waals surface area contributed by atoms with Gasteiger partial charge in [-0.15, -0.1) is 0 Å². The molecule has 0 aliphatic heterocycles. The number of nitrogen functional groups attached to an aromatic ring is 1. The van der Waals surface area contributed by atoms with E-state index in [-0.39, 0.29) is 5.56 Å². The molecule has 0 saturated carbocycles. The number of rotatable bonds is 4. The summed E-state index contributed by atoms with van der Waals surface area (Å²) in [7, 11) is 0. The highest BCUT2D eigenvalue weighted by Crippen LogP contribution is 2.22. The molecule has 1 aromatic heterocycles. The minimum atomic E-state index is -0.721. The van der Waals surface area contributed by atoms with Gasteiger partial charge in [-0.3, -0.25) is 14.8 Å². The molecule has 0 fully saturated rings. The van der Waals surface area contributed by atoms with Gasteiger partial charge in [0.25, 0.3) is 5.56 Å². The van der Waals surface area contributed by atoms with Crippen LogP contribution in [0.4, 0.5) is 11.4 Å². The summed E-state index contributed by atoms with van der Waals surface area (Å²) in [5.41, 5.74) is 6.18. The maximum atomic E-state index is 12.4. The van der Waals surface area contributed by atoms with E-state index in [2.05, 4.69) is 9.98 Å². The van der Waals surface area contributed by atoms with Gasteiger partial charge in [-0.1, -0.05) is 31.2 Å². The van der Waals surface area contributed by atoms with Gasteiger partial charge in [-0.05, 0) is 36.8 Å². The Labute approximate surface area is 149 Å². The van der Waals surface area contributed by atoms with E-state index in [9.17, 15) is 14.7 Å². The fraction of sp³-hybridized carbons (Fsp3) is 0.105. The first-order chi connectivity index (χ1) is 12.5. The summed E-state index contributed by atoms with van der Waals surface area (Å²) in [5.74, 6) is -0.450. The number of nitrogens with zero attached hydrogens (tertiary/aromatic N) is 2. The van der Waals surface area contributed by atoms with Crippen LogP contribution in [0.1, 0.15) is 18.9 Å². The van der Waals surface area contributed by atoms with Crippen molar-refractivity contribution in [3.05, 3.63) is 81.0 Å². The lowest BCUT2D eigenvalue weighted by Crippen LogP contribution is -2.33. The van der Waals surface area contributed by atoms with E-state index in [1.807, 2.05) is 6.92 Å². The van der Waals surface area contributed by atoms with Crippen LogP contribution in [-0.4, -0.2) is 20.4 Å². The number of hydrogen-bond donors (Lipinski definition) is 3. The van der Waals surface area contributed by atoms with Crippen LogP contribution in [0, 0.1) is 0 Å². The van der Waals surface area contributed by atoms with Gasteiger partial charge in [0.15, 0.2) is 0 Å². The lowest BCUT2D eigenvalue weighted by Gasteiger charge is -2.12. The van der Waals surface area contributed by atoms with Gasteiger partial charge in [0.05, 0.1) is 17.1 Å². The number of nitrogens with two attached hydrogens (primary N) is 1. The molecule has 0 amide bonds. The predicted molar refractivity (Wildman–Crippen MR) is 102 cm³/mol. The van der Waals surface area contributed by atoms with Gasteiger partial charge in [0.1, 0.15) is 5.56 Å². The Morgan fingerprint density at radius 1 is 1.15 bits per heavy atom. The molecular formula is C19H18N4O3. The Morgan fingerprint density at radius 3 is 2.54 bits per heavy atom.